The van der Waals surface area contributed by atoms with Crippen molar-refractivity contribution in [3.05, 3.63) is 78.8 Å². The summed E-state index contributed by atoms with van der Waals surface area (Å²) < 4.78 is 9.77. The molecule has 0 radical (unpaired) electrons. The zero-order valence-corrected chi connectivity index (χ0v) is 15.7. The summed E-state index contributed by atoms with van der Waals surface area (Å²) in [7, 11) is 3.77. The molecule has 136 valence electrons. The minimum Gasteiger partial charge on any atom is -0.495 e. The van der Waals surface area contributed by atoms with Crippen molar-refractivity contribution in [1.82, 2.24) is 14.4 Å². The smallest absolute Gasteiger partial charge is 0.205 e. The van der Waals surface area contributed by atoms with Gasteiger partial charge in [-0.1, -0.05) is 6.07 Å². The number of rotatable bonds is 6. The van der Waals surface area contributed by atoms with Crippen LogP contribution in [-0.4, -0.2) is 21.5 Å². The average molecular weight is 359 g/mol. The Morgan fingerprint density at radius 3 is 2.81 bits per heavy atom. The van der Waals surface area contributed by atoms with E-state index in [0.717, 1.165) is 36.3 Å². The van der Waals surface area contributed by atoms with Crippen molar-refractivity contribution in [2.75, 3.05) is 7.11 Å². The monoisotopic (exact) mass is 359 g/mol. The SMILES string of the molecule is COc1cncc(-c2ccc3c(CCCc4cccnc4)[n+](C)ccn23)c1. The molecule has 0 bridgehead atoms. The molecule has 0 aliphatic rings. The molecule has 0 spiro atoms. The molecule has 0 aromatic carbocycles. The van der Waals surface area contributed by atoms with Crippen molar-refractivity contribution in [3.63, 3.8) is 0 Å². The Balaban J connectivity index is 1.63. The van der Waals surface area contributed by atoms with Gasteiger partial charge in [0.15, 0.2) is 6.20 Å². The molecule has 0 aliphatic heterocycles. The van der Waals surface area contributed by atoms with Gasteiger partial charge in [-0.15, -0.1) is 0 Å². The molecule has 0 unspecified atom stereocenters. The van der Waals surface area contributed by atoms with Crippen LogP contribution < -0.4 is 9.30 Å². The van der Waals surface area contributed by atoms with Gasteiger partial charge in [-0.25, -0.2) is 4.57 Å². The fourth-order valence-electron chi connectivity index (χ4n) is 3.50. The van der Waals surface area contributed by atoms with Crippen LogP contribution in [0.4, 0.5) is 0 Å². The van der Waals surface area contributed by atoms with Crippen molar-refractivity contribution in [2.45, 2.75) is 19.3 Å². The van der Waals surface area contributed by atoms with E-state index in [-0.39, 0.29) is 0 Å². The maximum Gasteiger partial charge on any atom is 0.205 e. The molecule has 0 amide bonds. The predicted octanol–water partition coefficient (Wildman–Crippen LogP) is 3.40. The Kier molecular flexibility index (Phi) is 4.83. The summed E-state index contributed by atoms with van der Waals surface area (Å²) in [6.45, 7) is 0. The second-order valence-electron chi connectivity index (χ2n) is 6.66. The molecule has 0 saturated carbocycles. The molecule has 0 fully saturated rings. The van der Waals surface area contributed by atoms with E-state index in [9.17, 15) is 0 Å². The molecule has 0 aliphatic carbocycles. The first-order valence-electron chi connectivity index (χ1n) is 9.13. The first-order valence-corrected chi connectivity index (χ1v) is 9.13. The third kappa shape index (κ3) is 3.53. The molecular formula is C22H23N4O+. The van der Waals surface area contributed by atoms with Crippen LogP contribution in [0.25, 0.3) is 16.8 Å². The van der Waals surface area contributed by atoms with E-state index in [2.05, 4.69) is 56.6 Å². The summed E-state index contributed by atoms with van der Waals surface area (Å²) >= 11 is 0. The number of fused-ring (bicyclic) bond motifs is 1. The Bertz CT molecular complexity index is 1060. The van der Waals surface area contributed by atoms with Crippen LogP contribution in [0.5, 0.6) is 5.75 Å². The summed E-state index contributed by atoms with van der Waals surface area (Å²) in [4.78, 5) is 8.50. The molecule has 4 heterocycles. The molecule has 4 aromatic heterocycles. The normalized spacial score (nSPS) is 11.0. The summed E-state index contributed by atoms with van der Waals surface area (Å²) in [6.07, 6.45) is 14.7. The average Bonchev–Trinajstić information content (AvgIpc) is 3.15. The summed E-state index contributed by atoms with van der Waals surface area (Å²) in [5, 5.41) is 0. The number of aryl methyl sites for hydroxylation is 3. The second kappa shape index (κ2) is 7.58. The van der Waals surface area contributed by atoms with Gasteiger partial charge in [0.1, 0.15) is 18.3 Å². The van der Waals surface area contributed by atoms with Crippen LogP contribution in [0, 0.1) is 0 Å². The number of hydrogen-bond acceptors (Lipinski definition) is 3. The molecule has 0 N–H and O–H groups in total. The quantitative estimate of drug-likeness (QED) is 0.496. The Hall–Kier alpha value is -3.21. The van der Waals surface area contributed by atoms with Gasteiger partial charge in [0.2, 0.25) is 5.69 Å². The number of ether oxygens (including phenoxy) is 1. The van der Waals surface area contributed by atoms with Gasteiger partial charge in [-0.3, -0.25) is 9.97 Å². The summed E-state index contributed by atoms with van der Waals surface area (Å²) in [6, 6.07) is 10.5. The molecule has 5 nitrogen and oxygen atoms in total. The lowest BCUT2D eigenvalue weighted by Gasteiger charge is -2.07. The number of nitrogens with zero attached hydrogens (tertiary/aromatic N) is 4. The number of aromatic nitrogens is 4. The van der Waals surface area contributed by atoms with Crippen LogP contribution in [0.1, 0.15) is 17.7 Å². The molecule has 27 heavy (non-hydrogen) atoms. The van der Waals surface area contributed by atoms with Crippen molar-refractivity contribution >= 4 is 5.52 Å². The van der Waals surface area contributed by atoms with Gasteiger partial charge in [0.05, 0.1) is 25.2 Å². The van der Waals surface area contributed by atoms with Crippen molar-refractivity contribution < 1.29 is 9.30 Å². The molecule has 4 rings (SSSR count). The van der Waals surface area contributed by atoms with E-state index in [4.69, 9.17) is 4.74 Å². The van der Waals surface area contributed by atoms with Crippen LogP contribution in [0.2, 0.25) is 0 Å². The zero-order valence-electron chi connectivity index (χ0n) is 15.7. The number of pyridine rings is 2. The third-order valence-electron chi connectivity index (χ3n) is 4.93. The second-order valence-corrected chi connectivity index (χ2v) is 6.66. The van der Waals surface area contributed by atoms with Gasteiger partial charge >= 0.3 is 0 Å². The first kappa shape index (κ1) is 17.2. The Morgan fingerprint density at radius 1 is 1.07 bits per heavy atom. The van der Waals surface area contributed by atoms with Crippen LogP contribution in [-0.2, 0) is 19.9 Å². The van der Waals surface area contributed by atoms with Gasteiger partial charge < -0.3 is 9.14 Å². The maximum absolute atomic E-state index is 5.32. The Morgan fingerprint density at radius 2 is 2.00 bits per heavy atom. The van der Waals surface area contributed by atoms with E-state index in [1.807, 2.05) is 30.7 Å². The predicted molar refractivity (Wildman–Crippen MR) is 105 cm³/mol. The topological polar surface area (TPSA) is 43.3 Å². The lowest BCUT2D eigenvalue weighted by Crippen LogP contribution is -2.34. The van der Waals surface area contributed by atoms with E-state index in [1.165, 1.54) is 16.8 Å². The van der Waals surface area contributed by atoms with Crippen molar-refractivity contribution in [1.29, 1.82) is 0 Å². The third-order valence-corrected chi connectivity index (χ3v) is 4.93. The fraction of sp³-hybridized carbons (Fsp3) is 0.227. The van der Waals surface area contributed by atoms with Crippen LogP contribution in [0.15, 0.2) is 67.5 Å². The molecule has 0 saturated heterocycles. The minimum atomic E-state index is 0.764. The molecule has 5 heteroatoms. The summed E-state index contributed by atoms with van der Waals surface area (Å²) in [5.41, 5.74) is 5.99. The highest BCUT2D eigenvalue weighted by molar-refractivity contribution is 5.68. The van der Waals surface area contributed by atoms with Gasteiger partial charge in [-0.2, -0.15) is 0 Å². The van der Waals surface area contributed by atoms with Gasteiger partial charge in [0.25, 0.3) is 0 Å². The van der Waals surface area contributed by atoms with E-state index >= 15 is 0 Å². The zero-order chi connectivity index (χ0) is 18.6. The highest BCUT2D eigenvalue weighted by Crippen LogP contribution is 2.26. The van der Waals surface area contributed by atoms with E-state index < -0.39 is 0 Å². The maximum atomic E-state index is 5.32. The fourth-order valence-corrected chi connectivity index (χ4v) is 3.50. The van der Waals surface area contributed by atoms with Crippen LogP contribution in [0.3, 0.4) is 0 Å². The number of hydrogen-bond donors (Lipinski definition) is 0. The summed E-state index contributed by atoms with van der Waals surface area (Å²) in [5.74, 6) is 0.764. The van der Waals surface area contributed by atoms with Gasteiger partial charge in [0, 0.05) is 30.6 Å². The van der Waals surface area contributed by atoms with Crippen molar-refractivity contribution in [2.24, 2.45) is 7.05 Å². The molecule has 4 aromatic rings. The lowest BCUT2D eigenvalue weighted by molar-refractivity contribution is -0.678. The van der Waals surface area contributed by atoms with E-state index in [0.29, 0.717) is 0 Å². The lowest BCUT2D eigenvalue weighted by atomic mass is 10.1. The highest BCUT2D eigenvalue weighted by atomic mass is 16.5. The van der Waals surface area contributed by atoms with Gasteiger partial charge in [-0.05, 0) is 42.7 Å². The molecular weight excluding hydrogens is 336 g/mol. The van der Waals surface area contributed by atoms with Crippen molar-refractivity contribution in [3.8, 4) is 17.0 Å². The van der Waals surface area contributed by atoms with Crippen LogP contribution >= 0.6 is 0 Å². The standard InChI is InChI=1S/C22H23N4O/c1-25-11-12-26-20(18-13-19(27-2)16-24-15-18)8-9-22(26)21(25)7-3-5-17-6-4-10-23-14-17/h4,6,8-16H,3,5,7H2,1-2H3/q+1. The number of methoxy groups -OCH3 is 1. The highest BCUT2D eigenvalue weighted by Gasteiger charge is 2.16. The van der Waals surface area contributed by atoms with E-state index in [1.54, 1.807) is 13.3 Å². The minimum absolute atomic E-state index is 0.764. The first-order chi connectivity index (χ1) is 13.3. The Labute approximate surface area is 158 Å². The molecule has 0 atom stereocenters. The largest absolute Gasteiger partial charge is 0.495 e.